The van der Waals surface area contributed by atoms with E-state index >= 15 is 0 Å². The van der Waals surface area contributed by atoms with Crippen molar-refractivity contribution in [2.75, 3.05) is 11.9 Å². The molecule has 1 N–H and O–H groups in total. The Balaban J connectivity index is 2.19. The zero-order valence-corrected chi connectivity index (χ0v) is 14.7. The fourth-order valence-corrected chi connectivity index (χ4v) is 2.58. The first kappa shape index (κ1) is 17.5. The van der Waals surface area contributed by atoms with Gasteiger partial charge in [0.25, 0.3) is 0 Å². The smallest absolute Gasteiger partial charge is 0.313 e. The third-order valence-corrected chi connectivity index (χ3v) is 4.03. The van der Waals surface area contributed by atoms with Crippen molar-refractivity contribution in [2.24, 2.45) is 0 Å². The van der Waals surface area contributed by atoms with Crippen LogP contribution in [0, 0.1) is 5.82 Å². The number of ether oxygens (including phenoxy) is 1. The van der Waals surface area contributed by atoms with Crippen LogP contribution in [0.3, 0.4) is 0 Å². The summed E-state index contributed by atoms with van der Waals surface area (Å²) in [5.74, 6) is -1.15. The fraction of sp³-hybridized carbons (Fsp3) is 0.278. The molecule has 0 aliphatic rings. The first-order chi connectivity index (χ1) is 11.0. The summed E-state index contributed by atoms with van der Waals surface area (Å²) in [6, 6.07) is 12.3. The Bertz CT molecular complexity index is 673. The average molecular weight is 380 g/mol. The van der Waals surface area contributed by atoms with E-state index in [0.29, 0.717) is 24.3 Å². The van der Waals surface area contributed by atoms with Crippen LogP contribution in [-0.2, 0) is 9.53 Å². The van der Waals surface area contributed by atoms with Gasteiger partial charge in [-0.2, -0.15) is 0 Å². The average Bonchev–Trinajstić information content (AvgIpc) is 2.53. The number of benzene rings is 2. The quantitative estimate of drug-likeness (QED) is 0.683. The lowest BCUT2D eigenvalue weighted by atomic mass is 9.96. The zero-order valence-electron chi connectivity index (χ0n) is 13.1. The van der Waals surface area contributed by atoms with Gasteiger partial charge in [-0.15, -0.1) is 0 Å². The number of carbonyl (C=O) groups is 1. The second-order valence-electron chi connectivity index (χ2n) is 5.08. The molecule has 5 heteroatoms. The van der Waals surface area contributed by atoms with E-state index < -0.39 is 11.7 Å². The molecule has 0 amide bonds. The minimum atomic E-state index is -0.439. The number of carbonyl (C=O) groups excluding carboxylic acids is 1. The van der Waals surface area contributed by atoms with Crippen LogP contribution >= 0.6 is 15.9 Å². The van der Waals surface area contributed by atoms with Gasteiger partial charge in [0.15, 0.2) is 0 Å². The summed E-state index contributed by atoms with van der Waals surface area (Å²) >= 11 is 3.36. The van der Waals surface area contributed by atoms with E-state index in [4.69, 9.17) is 4.74 Å². The van der Waals surface area contributed by atoms with Crippen molar-refractivity contribution in [3.63, 3.8) is 0 Å². The predicted octanol–water partition coefficient (Wildman–Crippen LogP) is 5.39. The Hall–Kier alpha value is -1.88. The summed E-state index contributed by atoms with van der Waals surface area (Å²) in [5.41, 5.74) is 1.79. The van der Waals surface area contributed by atoms with Gasteiger partial charge in [0.05, 0.1) is 18.2 Å². The van der Waals surface area contributed by atoms with Gasteiger partial charge >= 0.3 is 5.97 Å². The summed E-state index contributed by atoms with van der Waals surface area (Å²) in [7, 11) is 0. The minimum Gasteiger partial charge on any atom is -0.466 e. The molecular weight excluding hydrogens is 361 g/mol. The van der Waals surface area contributed by atoms with Crippen molar-refractivity contribution < 1.29 is 13.9 Å². The summed E-state index contributed by atoms with van der Waals surface area (Å²) in [6.45, 7) is 3.96. The maximum absolute atomic E-state index is 14.3. The molecule has 3 nitrogen and oxygen atoms in total. The Morgan fingerprint density at radius 2 is 1.91 bits per heavy atom. The van der Waals surface area contributed by atoms with Crippen LogP contribution in [0.5, 0.6) is 0 Å². The first-order valence-corrected chi connectivity index (χ1v) is 8.33. The van der Waals surface area contributed by atoms with E-state index in [9.17, 15) is 9.18 Å². The van der Waals surface area contributed by atoms with Crippen LogP contribution in [-0.4, -0.2) is 12.6 Å². The van der Waals surface area contributed by atoms with Crippen LogP contribution in [0.2, 0.25) is 0 Å². The van der Waals surface area contributed by atoms with Crippen molar-refractivity contribution in [3.05, 3.63) is 58.3 Å². The number of hydrogen-bond donors (Lipinski definition) is 1. The van der Waals surface area contributed by atoms with Gasteiger partial charge in [-0.1, -0.05) is 28.9 Å². The van der Waals surface area contributed by atoms with Gasteiger partial charge in [0.1, 0.15) is 5.82 Å². The molecule has 1 atom stereocenters. The first-order valence-electron chi connectivity index (χ1n) is 7.53. The van der Waals surface area contributed by atoms with E-state index in [1.807, 2.05) is 31.2 Å². The number of hydrogen-bond acceptors (Lipinski definition) is 3. The van der Waals surface area contributed by atoms with Crippen molar-refractivity contribution in [3.8, 4) is 0 Å². The second-order valence-corrected chi connectivity index (χ2v) is 6.00. The molecule has 0 aromatic heterocycles. The number of rotatable bonds is 6. The van der Waals surface area contributed by atoms with Gasteiger partial charge < -0.3 is 10.1 Å². The molecule has 0 saturated carbocycles. The molecule has 0 bridgehead atoms. The number of nitrogens with one attached hydrogen (secondary N) is 1. The normalized spacial score (nSPS) is 11.8. The van der Waals surface area contributed by atoms with E-state index in [-0.39, 0.29) is 5.97 Å². The summed E-state index contributed by atoms with van der Waals surface area (Å²) in [5, 5.41) is 3.03. The van der Waals surface area contributed by atoms with Gasteiger partial charge in [0.2, 0.25) is 0 Å². The molecular formula is C18H19BrFNO2. The maximum Gasteiger partial charge on any atom is 0.313 e. The highest BCUT2D eigenvalue weighted by molar-refractivity contribution is 9.10. The molecule has 0 heterocycles. The third kappa shape index (κ3) is 4.55. The highest BCUT2D eigenvalue weighted by atomic mass is 79.9. The Morgan fingerprint density at radius 3 is 2.48 bits per heavy atom. The molecule has 0 spiro atoms. The lowest BCUT2D eigenvalue weighted by Gasteiger charge is -2.15. The molecule has 0 aliphatic carbocycles. The van der Waals surface area contributed by atoms with Gasteiger partial charge in [-0.05, 0) is 55.3 Å². The van der Waals surface area contributed by atoms with E-state index in [1.54, 1.807) is 19.1 Å². The van der Waals surface area contributed by atoms with E-state index in [0.717, 1.165) is 10.2 Å². The second kappa shape index (κ2) is 8.11. The molecule has 2 rings (SSSR count). The molecule has 0 radical (unpaired) electrons. The van der Waals surface area contributed by atoms with Gasteiger partial charge in [-0.3, -0.25) is 4.79 Å². The summed E-state index contributed by atoms with van der Waals surface area (Å²) < 4.78 is 20.3. The number of anilines is 2. The van der Waals surface area contributed by atoms with Crippen LogP contribution in [0.25, 0.3) is 0 Å². The van der Waals surface area contributed by atoms with Crippen molar-refractivity contribution in [1.82, 2.24) is 0 Å². The van der Waals surface area contributed by atoms with Crippen molar-refractivity contribution in [1.29, 1.82) is 0 Å². The largest absolute Gasteiger partial charge is 0.466 e. The SMILES string of the molecule is CCOC(=O)C(CC)c1ccc(Nc2ccc(Br)cc2)c(F)c1. The van der Waals surface area contributed by atoms with Crippen LogP contribution in [0.15, 0.2) is 46.9 Å². The van der Waals surface area contributed by atoms with Gasteiger partial charge in [-0.25, -0.2) is 4.39 Å². The molecule has 1 unspecified atom stereocenters. The number of esters is 1. The fourth-order valence-electron chi connectivity index (χ4n) is 2.32. The Morgan fingerprint density at radius 1 is 1.22 bits per heavy atom. The lowest BCUT2D eigenvalue weighted by Crippen LogP contribution is -2.15. The predicted molar refractivity (Wildman–Crippen MR) is 93.5 cm³/mol. The Labute approximate surface area is 144 Å². The molecule has 122 valence electrons. The molecule has 23 heavy (non-hydrogen) atoms. The van der Waals surface area contributed by atoms with Crippen LogP contribution in [0.1, 0.15) is 31.7 Å². The monoisotopic (exact) mass is 379 g/mol. The standard InChI is InChI=1S/C18H19BrFNO2/c1-3-15(18(22)23-4-2)12-5-10-17(16(20)11-12)21-14-8-6-13(19)7-9-14/h5-11,15,21H,3-4H2,1-2H3. The summed E-state index contributed by atoms with van der Waals surface area (Å²) in [6.07, 6.45) is 0.567. The lowest BCUT2D eigenvalue weighted by molar-refractivity contribution is -0.145. The maximum atomic E-state index is 14.3. The topological polar surface area (TPSA) is 38.3 Å². The molecule has 2 aromatic carbocycles. The molecule has 0 saturated heterocycles. The number of halogens is 2. The third-order valence-electron chi connectivity index (χ3n) is 3.50. The van der Waals surface area contributed by atoms with Crippen molar-refractivity contribution >= 4 is 33.3 Å². The summed E-state index contributed by atoms with van der Waals surface area (Å²) in [4.78, 5) is 11.9. The Kier molecular flexibility index (Phi) is 6.16. The zero-order chi connectivity index (χ0) is 16.8. The molecule has 2 aromatic rings. The van der Waals surface area contributed by atoms with E-state index in [2.05, 4.69) is 21.2 Å². The highest BCUT2D eigenvalue weighted by Gasteiger charge is 2.21. The van der Waals surface area contributed by atoms with Crippen LogP contribution in [0.4, 0.5) is 15.8 Å². The van der Waals surface area contributed by atoms with Crippen LogP contribution < -0.4 is 5.32 Å². The van der Waals surface area contributed by atoms with E-state index in [1.165, 1.54) is 6.07 Å². The van der Waals surface area contributed by atoms with Crippen molar-refractivity contribution in [2.45, 2.75) is 26.2 Å². The molecule has 0 aliphatic heterocycles. The minimum absolute atomic E-state index is 0.317. The molecule has 0 fully saturated rings. The van der Waals surface area contributed by atoms with Gasteiger partial charge in [0, 0.05) is 10.2 Å². The highest BCUT2D eigenvalue weighted by Crippen LogP contribution is 2.27.